The van der Waals surface area contributed by atoms with E-state index in [1.807, 2.05) is 23.5 Å². The second kappa shape index (κ2) is 4.53. The lowest BCUT2D eigenvalue weighted by Crippen LogP contribution is -2.13. The Balaban J connectivity index is 1.87. The van der Waals surface area contributed by atoms with Gasteiger partial charge in [-0.2, -0.15) is 0 Å². The zero-order chi connectivity index (χ0) is 13.2. The molecule has 0 aromatic carbocycles. The molecule has 3 aromatic rings. The molecule has 3 heterocycles. The van der Waals surface area contributed by atoms with E-state index in [9.17, 15) is 4.79 Å². The molecular formula is C14H12N4O. The standard InChI is InChI=1S/C14H12N4O/c1-10-3-2-4-13(16-10)17-14(19)11-5-6-18-9-15-8-12(18)7-11/h2-9H,1H3,(H,16,17,19). The fourth-order valence-corrected chi connectivity index (χ4v) is 1.86. The number of amides is 1. The van der Waals surface area contributed by atoms with Crippen LogP contribution in [0.15, 0.2) is 49.1 Å². The van der Waals surface area contributed by atoms with Crippen LogP contribution in [-0.2, 0) is 0 Å². The second-order valence-electron chi connectivity index (χ2n) is 4.26. The number of rotatable bonds is 2. The summed E-state index contributed by atoms with van der Waals surface area (Å²) in [4.78, 5) is 20.4. The zero-order valence-corrected chi connectivity index (χ0v) is 10.4. The number of pyridine rings is 2. The van der Waals surface area contributed by atoms with Gasteiger partial charge in [0.05, 0.1) is 18.0 Å². The van der Waals surface area contributed by atoms with E-state index in [4.69, 9.17) is 0 Å². The Morgan fingerprint density at radius 2 is 2.21 bits per heavy atom. The number of nitrogens with zero attached hydrogens (tertiary/aromatic N) is 3. The number of fused-ring (bicyclic) bond motifs is 1. The lowest BCUT2D eigenvalue weighted by Gasteiger charge is -2.05. The molecule has 19 heavy (non-hydrogen) atoms. The van der Waals surface area contributed by atoms with Gasteiger partial charge in [-0.05, 0) is 31.2 Å². The van der Waals surface area contributed by atoms with Crippen LogP contribution < -0.4 is 5.32 Å². The number of carbonyl (C=O) groups excluding carboxylic acids is 1. The van der Waals surface area contributed by atoms with Crippen molar-refractivity contribution in [1.29, 1.82) is 0 Å². The van der Waals surface area contributed by atoms with E-state index in [-0.39, 0.29) is 5.91 Å². The highest BCUT2D eigenvalue weighted by molar-refractivity contribution is 6.04. The minimum absolute atomic E-state index is 0.179. The number of carbonyl (C=O) groups is 1. The van der Waals surface area contributed by atoms with Crippen LogP contribution in [0.1, 0.15) is 16.1 Å². The van der Waals surface area contributed by atoms with E-state index < -0.39 is 0 Å². The summed E-state index contributed by atoms with van der Waals surface area (Å²) in [5.74, 6) is 0.375. The maximum atomic E-state index is 12.1. The number of anilines is 1. The smallest absolute Gasteiger partial charge is 0.256 e. The molecule has 94 valence electrons. The van der Waals surface area contributed by atoms with E-state index in [1.165, 1.54) is 0 Å². The van der Waals surface area contributed by atoms with Crippen molar-refractivity contribution in [3.63, 3.8) is 0 Å². The Labute approximate surface area is 109 Å². The summed E-state index contributed by atoms with van der Waals surface area (Å²) < 4.78 is 1.85. The lowest BCUT2D eigenvalue weighted by atomic mass is 10.2. The maximum absolute atomic E-state index is 12.1. The monoisotopic (exact) mass is 252 g/mol. The van der Waals surface area contributed by atoms with Gasteiger partial charge < -0.3 is 9.72 Å². The van der Waals surface area contributed by atoms with E-state index in [0.29, 0.717) is 11.4 Å². The number of aromatic nitrogens is 3. The fourth-order valence-electron chi connectivity index (χ4n) is 1.86. The number of nitrogens with one attached hydrogen (secondary N) is 1. The molecule has 0 aliphatic heterocycles. The molecule has 0 unspecified atom stereocenters. The van der Waals surface area contributed by atoms with Gasteiger partial charge in [0.2, 0.25) is 0 Å². The van der Waals surface area contributed by atoms with Gasteiger partial charge in [0, 0.05) is 17.5 Å². The summed E-state index contributed by atoms with van der Waals surface area (Å²) in [6.45, 7) is 1.88. The summed E-state index contributed by atoms with van der Waals surface area (Å²) in [5.41, 5.74) is 2.32. The van der Waals surface area contributed by atoms with Gasteiger partial charge in [-0.3, -0.25) is 4.79 Å². The van der Waals surface area contributed by atoms with Gasteiger partial charge in [0.25, 0.3) is 5.91 Å². The van der Waals surface area contributed by atoms with Crippen molar-refractivity contribution in [3.05, 3.63) is 60.3 Å². The quantitative estimate of drug-likeness (QED) is 0.761. The van der Waals surface area contributed by atoms with Gasteiger partial charge in [0.1, 0.15) is 5.82 Å². The summed E-state index contributed by atoms with van der Waals surface area (Å²) in [5, 5.41) is 2.78. The van der Waals surface area contributed by atoms with E-state index in [2.05, 4.69) is 15.3 Å². The van der Waals surface area contributed by atoms with Crippen LogP contribution in [0, 0.1) is 6.92 Å². The van der Waals surface area contributed by atoms with Crippen LogP contribution in [0.2, 0.25) is 0 Å². The Hall–Kier alpha value is -2.69. The normalized spacial score (nSPS) is 10.6. The predicted octanol–water partition coefficient (Wildman–Crippen LogP) is 2.29. The van der Waals surface area contributed by atoms with Gasteiger partial charge in [-0.1, -0.05) is 6.07 Å². The molecule has 5 heteroatoms. The third kappa shape index (κ3) is 2.30. The highest BCUT2D eigenvalue weighted by atomic mass is 16.1. The van der Waals surface area contributed by atoms with Crippen molar-refractivity contribution >= 4 is 17.2 Å². The van der Waals surface area contributed by atoms with Crippen molar-refractivity contribution in [2.24, 2.45) is 0 Å². The minimum Gasteiger partial charge on any atom is -0.307 e. The lowest BCUT2D eigenvalue weighted by molar-refractivity contribution is 0.102. The first kappa shape index (κ1) is 11.4. The molecule has 1 amide bonds. The summed E-state index contributed by atoms with van der Waals surface area (Å²) in [6.07, 6.45) is 5.21. The van der Waals surface area contributed by atoms with Crippen molar-refractivity contribution in [3.8, 4) is 0 Å². The molecule has 0 aliphatic carbocycles. The van der Waals surface area contributed by atoms with Crippen LogP contribution in [0.25, 0.3) is 5.52 Å². The molecule has 0 spiro atoms. The molecule has 0 aliphatic rings. The number of hydrogen-bond donors (Lipinski definition) is 1. The average molecular weight is 252 g/mol. The molecule has 0 saturated heterocycles. The average Bonchev–Trinajstić information content (AvgIpc) is 2.85. The van der Waals surface area contributed by atoms with Crippen LogP contribution in [0.3, 0.4) is 0 Å². The molecule has 3 rings (SSSR count). The van der Waals surface area contributed by atoms with Crippen molar-refractivity contribution in [2.75, 3.05) is 5.32 Å². The number of aryl methyl sites for hydroxylation is 1. The van der Waals surface area contributed by atoms with Gasteiger partial charge in [0.15, 0.2) is 0 Å². The first-order chi connectivity index (χ1) is 9.22. The van der Waals surface area contributed by atoms with E-state index in [0.717, 1.165) is 11.2 Å². The van der Waals surface area contributed by atoms with Crippen molar-refractivity contribution in [2.45, 2.75) is 6.92 Å². The van der Waals surface area contributed by atoms with Gasteiger partial charge in [-0.15, -0.1) is 0 Å². The SMILES string of the molecule is Cc1cccc(NC(=O)c2ccn3cncc3c2)n1. The molecule has 5 nitrogen and oxygen atoms in total. The van der Waals surface area contributed by atoms with Gasteiger partial charge in [-0.25, -0.2) is 9.97 Å². The molecular weight excluding hydrogens is 240 g/mol. The number of hydrogen-bond acceptors (Lipinski definition) is 3. The zero-order valence-electron chi connectivity index (χ0n) is 10.4. The molecule has 0 saturated carbocycles. The highest BCUT2D eigenvalue weighted by Crippen LogP contribution is 2.10. The van der Waals surface area contributed by atoms with Crippen LogP contribution in [-0.4, -0.2) is 20.3 Å². The minimum atomic E-state index is -0.179. The van der Waals surface area contributed by atoms with Crippen LogP contribution >= 0.6 is 0 Å². The summed E-state index contributed by atoms with van der Waals surface area (Å²) >= 11 is 0. The second-order valence-corrected chi connectivity index (χ2v) is 4.26. The Morgan fingerprint density at radius 1 is 1.32 bits per heavy atom. The maximum Gasteiger partial charge on any atom is 0.256 e. The molecule has 0 fully saturated rings. The molecule has 1 N–H and O–H groups in total. The number of imidazole rings is 1. The van der Waals surface area contributed by atoms with Crippen molar-refractivity contribution in [1.82, 2.24) is 14.4 Å². The van der Waals surface area contributed by atoms with E-state index in [1.54, 1.807) is 36.9 Å². The van der Waals surface area contributed by atoms with E-state index >= 15 is 0 Å². The fraction of sp³-hybridized carbons (Fsp3) is 0.0714. The summed E-state index contributed by atoms with van der Waals surface area (Å²) in [7, 11) is 0. The first-order valence-electron chi connectivity index (χ1n) is 5.89. The van der Waals surface area contributed by atoms with Crippen LogP contribution in [0.4, 0.5) is 5.82 Å². The third-order valence-electron chi connectivity index (χ3n) is 2.81. The Kier molecular flexibility index (Phi) is 2.72. The molecule has 3 aromatic heterocycles. The first-order valence-corrected chi connectivity index (χ1v) is 5.89. The van der Waals surface area contributed by atoms with Crippen molar-refractivity contribution < 1.29 is 4.79 Å². The highest BCUT2D eigenvalue weighted by Gasteiger charge is 2.07. The van der Waals surface area contributed by atoms with Crippen LogP contribution in [0.5, 0.6) is 0 Å². The van der Waals surface area contributed by atoms with Gasteiger partial charge >= 0.3 is 0 Å². The topological polar surface area (TPSA) is 59.3 Å². The summed E-state index contributed by atoms with van der Waals surface area (Å²) in [6, 6.07) is 9.05. The molecule has 0 radical (unpaired) electrons. The molecule has 0 atom stereocenters. The predicted molar refractivity (Wildman–Crippen MR) is 72.1 cm³/mol. The Bertz CT molecular complexity index is 748. The Morgan fingerprint density at radius 3 is 3.05 bits per heavy atom. The molecule has 0 bridgehead atoms. The largest absolute Gasteiger partial charge is 0.307 e. The third-order valence-corrected chi connectivity index (χ3v) is 2.81.